The van der Waals surface area contributed by atoms with Crippen molar-refractivity contribution in [1.29, 1.82) is 0 Å². The number of carbonyl (C=O) groups excluding carboxylic acids is 3. The minimum absolute atomic E-state index is 0.0382. The third-order valence-electron chi connectivity index (χ3n) is 5.30. The second-order valence-electron chi connectivity index (χ2n) is 8.70. The van der Waals surface area contributed by atoms with Crippen molar-refractivity contribution in [2.45, 2.75) is 81.7 Å². The van der Waals surface area contributed by atoms with Crippen molar-refractivity contribution in [1.82, 2.24) is 0 Å². The zero-order chi connectivity index (χ0) is 36.4. The van der Waals surface area contributed by atoms with E-state index in [1.807, 2.05) is 3.63 Å². The van der Waals surface area contributed by atoms with Crippen molar-refractivity contribution >= 4 is 48.1 Å². The van der Waals surface area contributed by atoms with Gasteiger partial charge in [0.1, 0.15) is 17.5 Å². The fourth-order valence-corrected chi connectivity index (χ4v) is 5.36. The van der Waals surface area contributed by atoms with Crippen LogP contribution in [0.1, 0.15) is 65.2 Å². The molecule has 0 aliphatic heterocycles. The minimum Gasteiger partial charge on any atom is -0.465 e. The van der Waals surface area contributed by atoms with E-state index in [0.29, 0.717) is 32.3 Å². The number of halogens is 9. The van der Waals surface area contributed by atoms with Crippen LogP contribution in [0.5, 0.6) is 0 Å². The molecule has 1 atom stereocenters. The van der Waals surface area contributed by atoms with Crippen molar-refractivity contribution in [2.24, 2.45) is 5.92 Å². The first-order valence-corrected chi connectivity index (χ1v) is 16.8. The predicted octanol–water partition coefficient (Wildman–Crippen LogP) is 4.25. The summed E-state index contributed by atoms with van der Waals surface area (Å²) in [5.74, 6) is -2.04. The Bertz CT molecular complexity index is 1390. The maximum atomic E-state index is 12.2. The van der Waals surface area contributed by atoms with Crippen LogP contribution in [-0.2, 0) is 62.0 Å². The molecule has 0 aromatic rings. The summed E-state index contributed by atoms with van der Waals surface area (Å²) in [6.07, 6.45) is 4.23. The lowest BCUT2D eigenvalue weighted by molar-refractivity contribution is -0.152. The monoisotopic (exact) mass is 754 g/mol. The number of esters is 2. The molecular formula is C21H27F9O13S3. The first kappa shape index (κ1) is 43.3. The van der Waals surface area contributed by atoms with Gasteiger partial charge in [-0.2, -0.15) is 64.8 Å². The number of rotatable bonds is 8. The molecule has 0 amide bonds. The smallest absolute Gasteiger partial charge is 0.465 e. The summed E-state index contributed by atoms with van der Waals surface area (Å²) in [5, 5.41) is 0. The largest absolute Gasteiger partial charge is 0.534 e. The number of allylic oxidation sites excluding steroid dienone is 1. The van der Waals surface area contributed by atoms with E-state index in [0.717, 1.165) is 12.8 Å². The van der Waals surface area contributed by atoms with Crippen LogP contribution in [0, 0.1) is 5.92 Å². The number of ether oxygens (including phenoxy) is 2. The molecule has 13 nitrogen and oxygen atoms in total. The Labute approximate surface area is 256 Å². The first-order chi connectivity index (χ1) is 20.6. The molecule has 0 aromatic heterocycles. The molecule has 2 aliphatic carbocycles. The molecule has 0 heterocycles. The lowest BCUT2D eigenvalue weighted by Crippen LogP contribution is -2.34. The van der Waals surface area contributed by atoms with Crippen LogP contribution in [0.3, 0.4) is 0 Å². The minimum atomic E-state index is -6.85. The molecule has 46 heavy (non-hydrogen) atoms. The fraction of sp³-hybridized carbons (Fsp3) is 0.762. The first-order valence-electron chi connectivity index (χ1n) is 12.6. The van der Waals surface area contributed by atoms with Gasteiger partial charge in [-0.25, -0.2) is 4.79 Å². The van der Waals surface area contributed by atoms with Gasteiger partial charge in [0.05, 0.1) is 18.8 Å². The van der Waals surface area contributed by atoms with Crippen LogP contribution in [0.4, 0.5) is 39.5 Å². The van der Waals surface area contributed by atoms with Gasteiger partial charge in [-0.15, -0.1) is 3.63 Å². The Balaban J connectivity index is 0.000000679. The Morgan fingerprint density at radius 1 is 0.674 bits per heavy atom. The van der Waals surface area contributed by atoms with Crippen molar-refractivity contribution in [3.8, 4) is 0 Å². The third-order valence-corrected chi connectivity index (χ3v) is 8.86. The number of hydrogen-bond donors (Lipinski definition) is 0. The molecule has 2 aliphatic rings. The standard InChI is InChI=1S/C10H13F3O5S.C9H14O3.C2F6O5S2/c1-2-17-9(14)7-5-3-4-6-8(7)18-19(15,16)10(11,12)13;1-2-12-9(11)7-5-3-4-6-8(7)10;3-1(4,5)14(9,10)13-15(11,12)2(6,7)8/h2-6H2,1H3;7H,2-6H2,1H3;. The quantitative estimate of drug-likeness (QED) is 0.112. The predicted molar refractivity (Wildman–Crippen MR) is 133 cm³/mol. The number of carbonyl (C=O) groups is 3. The molecule has 25 heteroatoms. The summed E-state index contributed by atoms with van der Waals surface area (Å²) in [5.41, 5.74) is -18.2. The Hall–Kier alpha value is -2.67. The van der Waals surface area contributed by atoms with E-state index >= 15 is 0 Å². The molecule has 2 rings (SSSR count). The molecule has 0 N–H and O–H groups in total. The van der Waals surface area contributed by atoms with Crippen LogP contribution in [0.25, 0.3) is 0 Å². The van der Waals surface area contributed by atoms with Gasteiger partial charge in [-0.3, -0.25) is 9.59 Å². The normalized spacial score (nSPS) is 18.3. The SMILES string of the molecule is CCOC(=O)C1=C(OS(=O)(=O)C(F)(F)F)CCCC1.CCOC(=O)C1CCCCC1=O.O=S(=O)(OS(=O)(=O)C(F)(F)F)C(F)(F)F. The zero-order valence-corrected chi connectivity index (χ0v) is 26.0. The van der Waals surface area contributed by atoms with E-state index in [1.54, 1.807) is 6.92 Å². The average molecular weight is 755 g/mol. The van der Waals surface area contributed by atoms with E-state index in [2.05, 4.69) is 8.92 Å². The molecule has 0 saturated heterocycles. The summed E-state index contributed by atoms with van der Waals surface area (Å²) in [7, 11) is -19.4. The van der Waals surface area contributed by atoms with Crippen molar-refractivity contribution in [3.05, 3.63) is 11.3 Å². The van der Waals surface area contributed by atoms with Gasteiger partial charge in [-0.05, 0) is 46.0 Å². The van der Waals surface area contributed by atoms with E-state index < -0.39 is 64.5 Å². The number of hydrogen-bond acceptors (Lipinski definition) is 13. The topological polar surface area (TPSA) is 191 Å². The summed E-state index contributed by atoms with van der Waals surface area (Å²) in [6.45, 7) is 3.70. The summed E-state index contributed by atoms with van der Waals surface area (Å²) in [6, 6.07) is 0. The van der Waals surface area contributed by atoms with Crippen LogP contribution in [0.2, 0.25) is 0 Å². The molecule has 1 fully saturated rings. The van der Waals surface area contributed by atoms with Gasteiger partial charge in [0.2, 0.25) is 0 Å². The Morgan fingerprint density at radius 3 is 1.52 bits per heavy atom. The lowest BCUT2D eigenvalue weighted by atomic mass is 9.88. The lowest BCUT2D eigenvalue weighted by Gasteiger charge is -2.19. The number of alkyl halides is 9. The Morgan fingerprint density at radius 2 is 1.11 bits per heavy atom. The van der Waals surface area contributed by atoms with E-state index in [4.69, 9.17) is 4.74 Å². The second kappa shape index (κ2) is 16.9. The van der Waals surface area contributed by atoms with Gasteiger partial charge < -0.3 is 13.7 Å². The van der Waals surface area contributed by atoms with Crippen LogP contribution < -0.4 is 0 Å². The molecular weight excluding hydrogens is 727 g/mol. The van der Waals surface area contributed by atoms with Crippen LogP contribution in [-0.4, -0.2) is 72.7 Å². The molecule has 0 bridgehead atoms. The van der Waals surface area contributed by atoms with Crippen molar-refractivity contribution in [3.63, 3.8) is 0 Å². The van der Waals surface area contributed by atoms with E-state index in [-0.39, 0.29) is 36.8 Å². The van der Waals surface area contributed by atoms with Gasteiger partial charge in [0, 0.05) is 12.8 Å². The van der Waals surface area contributed by atoms with Gasteiger partial charge >= 0.3 is 58.8 Å². The highest BCUT2D eigenvalue weighted by Gasteiger charge is 2.57. The summed E-state index contributed by atoms with van der Waals surface area (Å²) in [4.78, 5) is 33.9. The molecule has 0 radical (unpaired) electrons. The fourth-order valence-electron chi connectivity index (χ4n) is 3.25. The molecule has 0 spiro atoms. The average Bonchev–Trinajstić information content (AvgIpc) is 2.87. The third kappa shape index (κ3) is 13.2. The molecule has 0 aromatic carbocycles. The van der Waals surface area contributed by atoms with Gasteiger partial charge in [-0.1, -0.05) is 6.42 Å². The highest BCUT2D eigenvalue weighted by Crippen LogP contribution is 2.34. The van der Waals surface area contributed by atoms with Gasteiger partial charge in [0.25, 0.3) is 0 Å². The highest BCUT2D eigenvalue weighted by molar-refractivity contribution is 8.00. The van der Waals surface area contributed by atoms with Crippen molar-refractivity contribution in [2.75, 3.05) is 13.2 Å². The maximum Gasteiger partial charge on any atom is 0.534 e. The van der Waals surface area contributed by atoms with Crippen LogP contribution in [0.15, 0.2) is 11.3 Å². The molecule has 1 saturated carbocycles. The van der Waals surface area contributed by atoms with Crippen molar-refractivity contribution < 1.29 is 96.4 Å². The Kier molecular flexibility index (Phi) is 16.0. The number of Topliss-reactive ketones (excluding diaryl/α,β-unsaturated/α-hetero) is 1. The van der Waals surface area contributed by atoms with Crippen LogP contribution >= 0.6 is 0 Å². The summed E-state index contributed by atoms with van der Waals surface area (Å²) >= 11 is 0. The number of ketones is 1. The zero-order valence-electron chi connectivity index (χ0n) is 23.6. The van der Waals surface area contributed by atoms with E-state index in [1.165, 1.54) is 6.92 Å². The van der Waals surface area contributed by atoms with Gasteiger partial charge in [0.15, 0.2) is 0 Å². The van der Waals surface area contributed by atoms with E-state index in [9.17, 15) is 79.2 Å². The summed E-state index contributed by atoms with van der Waals surface area (Å²) < 4.78 is 182. The second-order valence-corrected chi connectivity index (χ2v) is 13.5. The highest BCUT2D eigenvalue weighted by atomic mass is 32.3. The molecule has 1 unspecified atom stereocenters. The maximum absolute atomic E-state index is 12.2. The molecule has 270 valence electrons.